The van der Waals surface area contributed by atoms with Gasteiger partial charge in [0.25, 0.3) is 5.89 Å². The summed E-state index contributed by atoms with van der Waals surface area (Å²) in [6.45, 7) is 0.953. The SMILES string of the molecule is CS(=O)(=O)N1CC[C@@H](c2noc(-c3cccs3)n2)C1. The van der Waals surface area contributed by atoms with Gasteiger partial charge in [0.15, 0.2) is 5.82 Å². The van der Waals surface area contributed by atoms with Crippen LogP contribution >= 0.6 is 11.3 Å². The van der Waals surface area contributed by atoms with E-state index in [9.17, 15) is 8.42 Å². The number of aromatic nitrogens is 2. The van der Waals surface area contributed by atoms with Crippen LogP contribution in [0.1, 0.15) is 18.2 Å². The van der Waals surface area contributed by atoms with Crippen LogP contribution in [0, 0.1) is 0 Å². The van der Waals surface area contributed by atoms with Gasteiger partial charge in [-0.05, 0) is 17.9 Å². The maximum atomic E-state index is 11.5. The van der Waals surface area contributed by atoms with Crippen molar-refractivity contribution in [2.24, 2.45) is 0 Å². The molecule has 1 fully saturated rings. The Balaban J connectivity index is 1.78. The third-order valence-corrected chi connectivity index (χ3v) is 5.29. The summed E-state index contributed by atoms with van der Waals surface area (Å²) in [7, 11) is -3.13. The summed E-state index contributed by atoms with van der Waals surface area (Å²) >= 11 is 1.53. The fourth-order valence-corrected chi connectivity index (χ4v) is 3.67. The Morgan fingerprint density at radius 2 is 2.37 bits per heavy atom. The minimum absolute atomic E-state index is 0.0205. The van der Waals surface area contributed by atoms with Crippen LogP contribution in [0.2, 0.25) is 0 Å². The monoisotopic (exact) mass is 299 g/mol. The van der Waals surface area contributed by atoms with Gasteiger partial charge >= 0.3 is 0 Å². The first-order valence-corrected chi connectivity index (χ1v) is 8.59. The summed E-state index contributed by atoms with van der Waals surface area (Å²) < 4.78 is 29.6. The summed E-state index contributed by atoms with van der Waals surface area (Å²) in [5.41, 5.74) is 0. The number of rotatable bonds is 3. The molecular formula is C11H13N3O3S2. The first kappa shape index (κ1) is 12.8. The number of hydrogen-bond donors (Lipinski definition) is 0. The molecule has 19 heavy (non-hydrogen) atoms. The minimum Gasteiger partial charge on any atom is -0.333 e. The molecule has 0 amide bonds. The first-order chi connectivity index (χ1) is 9.04. The van der Waals surface area contributed by atoms with Crippen molar-refractivity contribution in [3.8, 4) is 10.8 Å². The van der Waals surface area contributed by atoms with Crippen molar-refractivity contribution in [2.45, 2.75) is 12.3 Å². The van der Waals surface area contributed by atoms with Crippen molar-refractivity contribution in [3.63, 3.8) is 0 Å². The highest BCUT2D eigenvalue weighted by molar-refractivity contribution is 7.88. The minimum atomic E-state index is -3.13. The third kappa shape index (κ3) is 2.56. The van der Waals surface area contributed by atoms with E-state index in [0.717, 1.165) is 11.3 Å². The van der Waals surface area contributed by atoms with Crippen LogP contribution in [-0.2, 0) is 10.0 Å². The van der Waals surface area contributed by atoms with E-state index in [2.05, 4.69) is 10.1 Å². The second kappa shape index (κ2) is 4.69. The Morgan fingerprint density at radius 1 is 1.53 bits per heavy atom. The Bertz CT molecular complexity index is 663. The predicted octanol–water partition coefficient (Wildman–Crippen LogP) is 1.55. The molecule has 0 aliphatic carbocycles. The Morgan fingerprint density at radius 3 is 3.00 bits per heavy atom. The molecule has 0 bridgehead atoms. The van der Waals surface area contributed by atoms with E-state index in [1.165, 1.54) is 21.9 Å². The quantitative estimate of drug-likeness (QED) is 0.859. The normalized spacial score (nSPS) is 21.0. The van der Waals surface area contributed by atoms with Crippen molar-refractivity contribution < 1.29 is 12.9 Å². The molecule has 0 N–H and O–H groups in total. The van der Waals surface area contributed by atoms with E-state index in [-0.39, 0.29) is 5.92 Å². The molecule has 102 valence electrons. The summed E-state index contributed by atoms with van der Waals surface area (Å²) in [6.07, 6.45) is 1.96. The molecule has 0 spiro atoms. The van der Waals surface area contributed by atoms with Crippen LogP contribution in [0.15, 0.2) is 22.0 Å². The highest BCUT2D eigenvalue weighted by Crippen LogP contribution is 2.29. The van der Waals surface area contributed by atoms with Crippen LogP contribution < -0.4 is 0 Å². The third-order valence-electron chi connectivity index (χ3n) is 3.16. The molecule has 1 aliphatic rings. The highest BCUT2D eigenvalue weighted by Gasteiger charge is 2.32. The van der Waals surface area contributed by atoms with Crippen LogP contribution in [0.5, 0.6) is 0 Å². The van der Waals surface area contributed by atoms with Crippen LogP contribution in [0.3, 0.4) is 0 Å². The zero-order valence-corrected chi connectivity index (χ0v) is 11.9. The zero-order valence-electron chi connectivity index (χ0n) is 10.3. The van der Waals surface area contributed by atoms with Gasteiger partial charge in [-0.15, -0.1) is 11.3 Å². The smallest absolute Gasteiger partial charge is 0.267 e. The molecule has 0 unspecified atom stereocenters. The highest BCUT2D eigenvalue weighted by atomic mass is 32.2. The lowest BCUT2D eigenvalue weighted by molar-refractivity contribution is 0.415. The van der Waals surface area contributed by atoms with Gasteiger partial charge in [0.1, 0.15) is 0 Å². The molecule has 0 saturated carbocycles. The van der Waals surface area contributed by atoms with E-state index in [0.29, 0.717) is 24.8 Å². The van der Waals surface area contributed by atoms with Gasteiger partial charge in [0.05, 0.1) is 11.1 Å². The van der Waals surface area contributed by atoms with Gasteiger partial charge in [-0.1, -0.05) is 11.2 Å². The van der Waals surface area contributed by atoms with Crippen LogP contribution in [-0.4, -0.2) is 42.2 Å². The zero-order chi connectivity index (χ0) is 13.5. The standard InChI is InChI=1S/C11H13N3O3S2/c1-19(15,16)14-5-4-8(7-14)10-12-11(17-13-10)9-3-2-6-18-9/h2-3,6,8H,4-5,7H2,1H3/t8-/m1/s1. The Kier molecular flexibility index (Phi) is 3.15. The van der Waals surface area contributed by atoms with E-state index < -0.39 is 10.0 Å². The Labute approximate surface area is 115 Å². The van der Waals surface area contributed by atoms with Gasteiger partial charge in [-0.3, -0.25) is 0 Å². The number of hydrogen-bond acceptors (Lipinski definition) is 6. The van der Waals surface area contributed by atoms with Gasteiger partial charge in [-0.2, -0.15) is 4.98 Å². The lowest BCUT2D eigenvalue weighted by Crippen LogP contribution is -2.27. The van der Waals surface area contributed by atoms with Crippen molar-refractivity contribution >= 4 is 21.4 Å². The maximum Gasteiger partial charge on any atom is 0.267 e. The molecule has 1 aliphatic heterocycles. The second-order valence-corrected chi connectivity index (χ2v) is 7.47. The number of nitrogens with zero attached hydrogens (tertiary/aromatic N) is 3. The molecule has 6 nitrogen and oxygen atoms in total. The van der Waals surface area contributed by atoms with Gasteiger partial charge < -0.3 is 4.52 Å². The fourth-order valence-electron chi connectivity index (χ4n) is 2.14. The van der Waals surface area contributed by atoms with Crippen molar-refractivity contribution in [2.75, 3.05) is 19.3 Å². The van der Waals surface area contributed by atoms with Gasteiger partial charge in [0.2, 0.25) is 10.0 Å². The molecule has 0 radical (unpaired) electrons. The van der Waals surface area contributed by atoms with E-state index in [1.54, 1.807) is 0 Å². The van der Waals surface area contributed by atoms with E-state index in [4.69, 9.17) is 4.52 Å². The average Bonchev–Trinajstić information content (AvgIpc) is 3.10. The largest absolute Gasteiger partial charge is 0.333 e. The van der Waals surface area contributed by atoms with Crippen molar-refractivity contribution in [3.05, 3.63) is 23.3 Å². The lowest BCUT2D eigenvalue weighted by atomic mass is 10.1. The maximum absolute atomic E-state index is 11.5. The van der Waals surface area contributed by atoms with Gasteiger partial charge in [0, 0.05) is 19.0 Å². The molecule has 0 aromatic carbocycles. The van der Waals surface area contributed by atoms with Crippen LogP contribution in [0.4, 0.5) is 0 Å². The number of thiophene rings is 1. The summed E-state index contributed by atoms with van der Waals surface area (Å²) in [6, 6.07) is 3.84. The first-order valence-electron chi connectivity index (χ1n) is 5.86. The average molecular weight is 299 g/mol. The molecule has 3 rings (SSSR count). The molecule has 8 heteroatoms. The lowest BCUT2D eigenvalue weighted by Gasteiger charge is -2.11. The predicted molar refractivity (Wildman–Crippen MR) is 71.4 cm³/mol. The summed E-state index contributed by atoms with van der Waals surface area (Å²) in [4.78, 5) is 5.29. The molecule has 2 aromatic rings. The second-order valence-electron chi connectivity index (χ2n) is 4.54. The van der Waals surface area contributed by atoms with Gasteiger partial charge in [-0.25, -0.2) is 12.7 Å². The molecule has 1 atom stereocenters. The number of sulfonamides is 1. The van der Waals surface area contributed by atoms with E-state index >= 15 is 0 Å². The Hall–Kier alpha value is -1.25. The molecular weight excluding hydrogens is 286 g/mol. The van der Waals surface area contributed by atoms with Crippen molar-refractivity contribution in [1.82, 2.24) is 14.4 Å². The fraction of sp³-hybridized carbons (Fsp3) is 0.455. The topological polar surface area (TPSA) is 76.3 Å². The molecule has 3 heterocycles. The van der Waals surface area contributed by atoms with Crippen LogP contribution in [0.25, 0.3) is 10.8 Å². The molecule has 1 saturated heterocycles. The summed E-state index contributed by atoms with van der Waals surface area (Å²) in [5.74, 6) is 1.12. The van der Waals surface area contributed by atoms with Crippen molar-refractivity contribution in [1.29, 1.82) is 0 Å². The van der Waals surface area contributed by atoms with E-state index in [1.807, 2.05) is 17.5 Å². The molecule has 2 aromatic heterocycles. The summed E-state index contributed by atoms with van der Waals surface area (Å²) in [5, 5.41) is 5.91.